The first-order chi connectivity index (χ1) is 18.7. The van der Waals surface area contributed by atoms with Gasteiger partial charge in [0.25, 0.3) is 0 Å². The smallest absolute Gasteiger partial charge is 0.156 e. The van der Waals surface area contributed by atoms with Crippen molar-refractivity contribution in [1.82, 2.24) is 5.32 Å². The van der Waals surface area contributed by atoms with Crippen LogP contribution in [0.2, 0.25) is 0 Å². The predicted molar refractivity (Wildman–Crippen MR) is 156 cm³/mol. The summed E-state index contributed by atoms with van der Waals surface area (Å²) in [6.45, 7) is 4.33. The van der Waals surface area contributed by atoms with Gasteiger partial charge in [0, 0.05) is 41.8 Å². The number of ketones is 2. The third kappa shape index (κ3) is 6.07. The van der Waals surface area contributed by atoms with E-state index in [1.54, 1.807) is 0 Å². The zero-order chi connectivity index (χ0) is 27.7. The molecule has 5 saturated carbocycles. The van der Waals surface area contributed by atoms with E-state index in [4.69, 9.17) is 5.73 Å². The van der Waals surface area contributed by atoms with Crippen molar-refractivity contribution in [3.63, 3.8) is 0 Å². The Hall–Kier alpha value is -0.790. The van der Waals surface area contributed by atoms with Crippen molar-refractivity contribution < 1.29 is 18.0 Å². The third-order valence-corrected chi connectivity index (χ3v) is 14.6. The van der Waals surface area contributed by atoms with Crippen LogP contribution in [-0.2, 0) is 19.4 Å². The minimum atomic E-state index is -3.23. The fourth-order valence-electron chi connectivity index (χ4n) is 9.52. The van der Waals surface area contributed by atoms with E-state index in [2.05, 4.69) is 12.2 Å². The summed E-state index contributed by atoms with van der Waals surface area (Å²) >= 11 is 0. The van der Waals surface area contributed by atoms with Gasteiger partial charge < -0.3 is 11.1 Å². The standard InChI is InChI=1S/C32H54N2O4S/c1-3-23(18-20(2)21-10-5-4-6-11-21)39(37,38)24-13-9-12-22(19-24)34-28-17-16-27(33)29-30(28)32(36)26-15-8-7-14-25(26)31(29)35/h20-30,34H,3-19,33H2,1-2H3. The first kappa shape index (κ1) is 29.7. The van der Waals surface area contributed by atoms with Crippen LogP contribution in [-0.4, -0.2) is 48.6 Å². The molecule has 0 aliphatic heterocycles. The molecule has 0 aromatic rings. The average Bonchev–Trinajstić information content (AvgIpc) is 2.95. The molecule has 6 nitrogen and oxygen atoms in total. The maximum atomic E-state index is 14.0. The molecule has 0 spiro atoms. The predicted octanol–water partition coefficient (Wildman–Crippen LogP) is 5.37. The lowest BCUT2D eigenvalue weighted by atomic mass is 9.56. The van der Waals surface area contributed by atoms with Crippen LogP contribution in [0, 0.1) is 35.5 Å². The van der Waals surface area contributed by atoms with Crippen LogP contribution < -0.4 is 11.1 Å². The monoisotopic (exact) mass is 562 g/mol. The van der Waals surface area contributed by atoms with Gasteiger partial charge in [-0.25, -0.2) is 8.42 Å². The highest BCUT2D eigenvalue weighted by molar-refractivity contribution is 7.92. The van der Waals surface area contributed by atoms with E-state index >= 15 is 0 Å². The molecule has 0 bridgehead atoms. The van der Waals surface area contributed by atoms with Gasteiger partial charge in [0.1, 0.15) is 11.6 Å². The summed E-state index contributed by atoms with van der Waals surface area (Å²) in [5.74, 6) is 0.694. The van der Waals surface area contributed by atoms with E-state index in [1.165, 1.54) is 32.1 Å². The van der Waals surface area contributed by atoms with Crippen molar-refractivity contribution in [3.8, 4) is 0 Å². The van der Waals surface area contributed by atoms with Gasteiger partial charge >= 0.3 is 0 Å². The van der Waals surface area contributed by atoms with Crippen molar-refractivity contribution in [3.05, 3.63) is 0 Å². The summed E-state index contributed by atoms with van der Waals surface area (Å²) in [5.41, 5.74) is 6.50. The van der Waals surface area contributed by atoms with Crippen molar-refractivity contribution in [2.75, 3.05) is 0 Å². The van der Waals surface area contributed by atoms with Crippen LogP contribution in [0.4, 0.5) is 0 Å². The lowest BCUT2D eigenvalue weighted by Crippen LogP contribution is -2.63. The number of carbonyl (C=O) groups excluding carboxylic acids is 2. The molecule has 5 aliphatic rings. The average molecular weight is 563 g/mol. The number of hydrogen-bond acceptors (Lipinski definition) is 6. The Bertz CT molecular complexity index is 977. The molecule has 0 aromatic carbocycles. The number of Topliss-reactive ketones (excluding diaryl/α,β-unsaturated/α-hetero) is 2. The molecule has 222 valence electrons. The van der Waals surface area contributed by atoms with Crippen LogP contribution in [0.25, 0.3) is 0 Å². The Kier molecular flexibility index (Phi) is 9.60. The largest absolute Gasteiger partial charge is 0.327 e. The van der Waals surface area contributed by atoms with Crippen molar-refractivity contribution in [2.24, 2.45) is 41.2 Å². The summed E-state index contributed by atoms with van der Waals surface area (Å²) in [6.07, 6.45) is 16.4. The molecule has 5 aliphatic carbocycles. The number of hydrogen-bond donors (Lipinski definition) is 2. The fourth-order valence-corrected chi connectivity index (χ4v) is 12.1. The van der Waals surface area contributed by atoms with E-state index in [0.717, 1.165) is 64.2 Å². The number of nitrogens with one attached hydrogen (secondary N) is 1. The third-order valence-electron chi connectivity index (χ3n) is 11.8. The van der Waals surface area contributed by atoms with Gasteiger partial charge in [0.2, 0.25) is 0 Å². The van der Waals surface area contributed by atoms with Gasteiger partial charge in [-0.2, -0.15) is 0 Å². The molecule has 10 atom stereocenters. The van der Waals surface area contributed by atoms with Gasteiger partial charge in [-0.05, 0) is 69.6 Å². The molecule has 5 fully saturated rings. The van der Waals surface area contributed by atoms with Crippen LogP contribution >= 0.6 is 0 Å². The molecule has 0 saturated heterocycles. The normalized spacial score (nSPS) is 40.0. The highest BCUT2D eigenvalue weighted by Gasteiger charge is 2.55. The zero-order valence-electron chi connectivity index (χ0n) is 24.5. The van der Waals surface area contributed by atoms with Gasteiger partial charge in [-0.15, -0.1) is 0 Å². The Morgan fingerprint density at radius 2 is 1.46 bits per heavy atom. The lowest BCUT2D eigenvalue weighted by molar-refractivity contribution is -0.153. The summed E-state index contributed by atoms with van der Waals surface area (Å²) in [4.78, 5) is 27.3. The molecule has 5 rings (SSSR count). The van der Waals surface area contributed by atoms with Crippen molar-refractivity contribution in [1.29, 1.82) is 0 Å². The van der Waals surface area contributed by atoms with Gasteiger partial charge in [-0.3, -0.25) is 9.59 Å². The Labute approximate surface area is 237 Å². The van der Waals surface area contributed by atoms with Crippen LogP contribution in [0.15, 0.2) is 0 Å². The summed E-state index contributed by atoms with van der Waals surface area (Å²) in [7, 11) is -3.23. The number of fused-ring (bicyclic) bond motifs is 2. The minimum Gasteiger partial charge on any atom is -0.327 e. The summed E-state index contributed by atoms with van der Waals surface area (Å²) in [6, 6.07) is -0.212. The topological polar surface area (TPSA) is 106 Å². The highest BCUT2D eigenvalue weighted by Crippen LogP contribution is 2.46. The first-order valence-corrected chi connectivity index (χ1v) is 18.1. The number of nitrogens with two attached hydrogens (primary N) is 1. The maximum absolute atomic E-state index is 14.0. The SMILES string of the molecule is CCC(CC(C)C1CCCCC1)S(=O)(=O)C1CCCC(NC2CCC(N)C3C(=O)C4CCCCC4C(=O)C23)C1. The van der Waals surface area contributed by atoms with E-state index in [0.29, 0.717) is 24.7 Å². The summed E-state index contributed by atoms with van der Waals surface area (Å²) in [5, 5.41) is 3.22. The molecule has 39 heavy (non-hydrogen) atoms. The van der Waals surface area contributed by atoms with Gasteiger partial charge in [-0.1, -0.05) is 65.2 Å². The summed E-state index contributed by atoms with van der Waals surface area (Å²) < 4.78 is 27.9. The molecule has 0 heterocycles. The van der Waals surface area contributed by atoms with Crippen LogP contribution in [0.1, 0.15) is 123 Å². The molecular formula is C32H54N2O4S. The van der Waals surface area contributed by atoms with Crippen molar-refractivity contribution >= 4 is 21.4 Å². The van der Waals surface area contributed by atoms with E-state index in [9.17, 15) is 18.0 Å². The number of sulfone groups is 1. The lowest BCUT2D eigenvalue weighted by Gasteiger charge is -2.49. The Morgan fingerprint density at radius 1 is 0.821 bits per heavy atom. The first-order valence-electron chi connectivity index (χ1n) is 16.5. The minimum absolute atomic E-state index is 0.0612. The molecule has 0 amide bonds. The maximum Gasteiger partial charge on any atom is 0.156 e. The van der Waals surface area contributed by atoms with E-state index in [1.807, 2.05) is 6.92 Å². The number of rotatable bonds is 8. The Morgan fingerprint density at radius 3 is 2.13 bits per heavy atom. The molecule has 0 radical (unpaired) electrons. The molecular weight excluding hydrogens is 508 g/mol. The second-order valence-corrected chi connectivity index (χ2v) is 16.6. The highest BCUT2D eigenvalue weighted by atomic mass is 32.2. The molecule has 10 unspecified atom stereocenters. The van der Waals surface area contributed by atoms with E-state index in [-0.39, 0.29) is 63.9 Å². The Balaban J connectivity index is 1.25. The quantitative estimate of drug-likeness (QED) is 0.412. The van der Waals surface area contributed by atoms with Gasteiger partial charge in [0.05, 0.1) is 10.5 Å². The van der Waals surface area contributed by atoms with Gasteiger partial charge in [0.15, 0.2) is 9.84 Å². The fraction of sp³-hybridized carbons (Fsp3) is 0.938. The zero-order valence-corrected chi connectivity index (χ0v) is 25.3. The van der Waals surface area contributed by atoms with Crippen molar-refractivity contribution in [2.45, 2.75) is 152 Å². The molecule has 0 aromatic heterocycles. The second-order valence-electron chi connectivity index (χ2n) is 14.1. The molecule has 3 N–H and O–H groups in total. The van der Waals surface area contributed by atoms with E-state index < -0.39 is 9.84 Å². The van der Waals surface area contributed by atoms with Crippen LogP contribution in [0.5, 0.6) is 0 Å². The number of carbonyl (C=O) groups is 2. The van der Waals surface area contributed by atoms with Crippen LogP contribution in [0.3, 0.4) is 0 Å². The molecule has 7 heteroatoms. The second kappa shape index (κ2) is 12.6.